The molecule has 0 bridgehead atoms. The first-order chi connectivity index (χ1) is 5.88. The van der Waals surface area contributed by atoms with Gasteiger partial charge in [0.2, 0.25) is 5.54 Å². The summed E-state index contributed by atoms with van der Waals surface area (Å²) in [5.74, 6) is -1.47. The van der Waals surface area contributed by atoms with Gasteiger partial charge in [-0.15, -0.1) is 0 Å². The summed E-state index contributed by atoms with van der Waals surface area (Å²) in [7, 11) is 0. The van der Waals surface area contributed by atoms with Gasteiger partial charge < -0.3 is 10.5 Å². The molecule has 1 atom stereocenters. The lowest BCUT2D eigenvalue weighted by molar-refractivity contribution is -0.208. The minimum absolute atomic E-state index is 0.584. The van der Waals surface area contributed by atoms with Gasteiger partial charge in [0.05, 0.1) is 0 Å². The average molecular weight is 213 g/mol. The fourth-order valence-corrected chi connectivity index (χ4v) is 0.500. The van der Waals surface area contributed by atoms with Crippen molar-refractivity contribution in [3.63, 3.8) is 0 Å². The smallest absolute Gasteiger partial charge is 0.416 e. The molecular weight excluding hydrogens is 199 g/mol. The van der Waals surface area contributed by atoms with Crippen molar-refractivity contribution in [1.82, 2.24) is 0 Å². The third-order valence-corrected chi connectivity index (χ3v) is 1.41. The Labute approximate surface area is 80.4 Å². The van der Waals surface area contributed by atoms with E-state index in [1.165, 1.54) is 20.8 Å². The Kier molecular flexibility index (Phi) is 3.23. The molecule has 0 aliphatic heterocycles. The second-order valence-electron chi connectivity index (χ2n) is 4.20. The molecule has 2 N–H and O–H groups in total. The Hall–Kier alpha value is -0.780. The summed E-state index contributed by atoms with van der Waals surface area (Å²) < 4.78 is 41.2. The largest absolute Gasteiger partial charge is 0.458 e. The number of rotatable bonds is 1. The van der Waals surface area contributed by atoms with Crippen LogP contribution in [0.4, 0.5) is 13.2 Å². The highest BCUT2D eigenvalue weighted by molar-refractivity contribution is 5.81. The van der Waals surface area contributed by atoms with E-state index in [4.69, 9.17) is 5.73 Å². The molecule has 0 aromatic carbocycles. The van der Waals surface area contributed by atoms with Crippen LogP contribution in [0.3, 0.4) is 0 Å². The summed E-state index contributed by atoms with van der Waals surface area (Å²) in [4.78, 5) is 11.1. The maximum Gasteiger partial charge on any atom is 0.416 e. The molecule has 0 aromatic rings. The van der Waals surface area contributed by atoms with Crippen molar-refractivity contribution in [2.24, 2.45) is 5.73 Å². The molecular formula is C8H14F3NO2. The van der Waals surface area contributed by atoms with Gasteiger partial charge in [-0.05, 0) is 27.7 Å². The molecule has 0 heterocycles. The van der Waals surface area contributed by atoms with Crippen molar-refractivity contribution in [1.29, 1.82) is 0 Å². The standard InChI is InChI=1S/C8H14F3NO2/c1-6(2,3)14-5(13)7(4,12)8(9,10)11/h12H2,1-4H3. The number of carbonyl (C=O) groups is 1. The van der Waals surface area contributed by atoms with Gasteiger partial charge in [-0.2, -0.15) is 13.2 Å². The molecule has 0 rings (SSSR count). The predicted octanol–water partition coefficient (Wildman–Crippen LogP) is 1.61. The molecule has 0 spiro atoms. The molecule has 3 nitrogen and oxygen atoms in total. The zero-order valence-corrected chi connectivity index (χ0v) is 8.53. The highest BCUT2D eigenvalue weighted by Gasteiger charge is 2.55. The average Bonchev–Trinajstić information content (AvgIpc) is 1.80. The maximum absolute atomic E-state index is 12.2. The minimum Gasteiger partial charge on any atom is -0.458 e. The summed E-state index contributed by atoms with van der Waals surface area (Å²) in [6, 6.07) is 0. The van der Waals surface area contributed by atoms with E-state index in [0.717, 1.165) is 0 Å². The van der Waals surface area contributed by atoms with Gasteiger partial charge in [0.25, 0.3) is 0 Å². The van der Waals surface area contributed by atoms with Gasteiger partial charge in [0.15, 0.2) is 0 Å². The van der Waals surface area contributed by atoms with Gasteiger partial charge in [-0.3, -0.25) is 0 Å². The summed E-state index contributed by atoms with van der Waals surface area (Å²) >= 11 is 0. The Morgan fingerprint density at radius 2 is 1.50 bits per heavy atom. The van der Waals surface area contributed by atoms with Gasteiger partial charge >= 0.3 is 12.1 Å². The number of hydrogen-bond acceptors (Lipinski definition) is 3. The molecule has 0 aromatic heterocycles. The van der Waals surface area contributed by atoms with E-state index < -0.39 is 23.3 Å². The third kappa shape index (κ3) is 3.17. The summed E-state index contributed by atoms with van der Waals surface area (Å²) in [5, 5.41) is 0. The first-order valence-electron chi connectivity index (χ1n) is 3.97. The molecule has 0 saturated heterocycles. The number of nitrogens with two attached hydrogens (primary N) is 1. The maximum atomic E-state index is 12.2. The third-order valence-electron chi connectivity index (χ3n) is 1.41. The van der Waals surface area contributed by atoms with Gasteiger partial charge in [0.1, 0.15) is 5.60 Å². The zero-order chi connectivity index (χ0) is 11.8. The van der Waals surface area contributed by atoms with E-state index in [1.807, 2.05) is 0 Å². The number of hydrogen-bond donors (Lipinski definition) is 1. The van der Waals surface area contributed by atoms with Gasteiger partial charge in [0, 0.05) is 0 Å². The van der Waals surface area contributed by atoms with Crippen LogP contribution in [0, 0.1) is 0 Å². The number of esters is 1. The number of halogens is 3. The first kappa shape index (κ1) is 13.2. The van der Waals surface area contributed by atoms with Crippen LogP contribution in [0.5, 0.6) is 0 Å². The van der Waals surface area contributed by atoms with Gasteiger partial charge in [-0.1, -0.05) is 0 Å². The van der Waals surface area contributed by atoms with Crippen LogP contribution in [0.15, 0.2) is 0 Å². The molecule has 14 heavy (non-hydrogen) atoms. The van der Waals surface area contributed by atoms with Crippen LogP contribution in [-0.4, -0.2) is 23.3 Å². The number of ether oxygens (including phenoxy) is 1. The molecule has 0 aliphatic carbocycles. The molecule has 84 valence electrons. The van der Waals surface area contributed by atoms with Crippen molar-refractivity contribution in [3.05, 3.63) is 0 Å². The van der Waals surface area contributed by atoms with E-state index in [1.54, 1.807) is 0 Å². The molecule has 6 heteroatoms. The monoisotopic (exact) mass is 213 g/mol. The molecule has 0 saturated carbocycles. The lowest BCUT2D eigenvalue weighted by Gasteiger charge is -2.29. The quantitative estimate of drug-likeness (QED) is 0.673. The van der Waals surface area contributed by atoms with Crippen molar-refractivity contribution in [2.75, 3.05) is 0 Å². The fourth-order valence-electron chi connectivity index (χ4n) is 0.500. The van der Waals surface area contributed by atoms with Crippen molar-refractivity contribution >= 4 is 5.97 Å². The van der Waals surface area contributed by atoms with Crippen molar-refractivity contribution < 1.29 is 22.7 Å². The normalized spacial score (nSPS) is 17.4. The van der Waals surface area contributed by atoms with Gasteiger partial charge in [-0.25, -0.2) is 4.79 Å². The van der Waals surface area contributed by atoms with Crippen LogP contribution in [0.2, 0.25) is 0 Å². The fraction of sp³-hybridized carbons (Fsp3) is 0.875. The van der Waals surface area contributed by atoms with Crippen molar-refractivity contribution in [3.8, 4) is 0 Å². The first-order valence-corrected chi connectivity index (χ1v) is 3.97. The topological polar surface area (TPSA) is 52.3 Å². The van der Waals surface area contributed by atoms with Crippen molar-refractivity contribution in [2.45, 2.75) is 45.0 Å². The molecule has 0 fully saturated rings. The predicted molar refractivity (Wildman–Crippen MR) is 44.5 cm³/mol. The molecule has 1 unspecified atom stereocenters. The van der Waals surface area contributed by atoms with E-state index >= 15 is 0 Å². The lowest BCUT2D eigenvalue weighted by Crippen LogP contribution is -2.59. The Morgan fingerprint density at radius 1 is 1.14 bits per heavy atom. The summed E-state index contributed by atoms with van der Waals surface area (Å²) in [5.41, 5.74) is 0.904. The highest BCUT2D eigenvalue weighted by atomic mass is 19.4. The van der Waals surface area contributed by atoms with E-state index in [9.17, 15) is 18.0 Å². The Bertz CT molecular complexity index is 228. The Morgan fingerprint density at radius 3 is 1.71 bits per heavy atom. The van der Waals surface area contributed by atoms with E-state index in [0.29, 0.717) is 6.92 Å². The molecule has 0 aliphatic rings. The van der Waals surface area contributed by atoms with Crippen LogP contribution in [0.25, 0.3) is 0 Å². The summed E-state index contributed by atoms with van der Waals surface area (Å²) in [6.45, 7) is 4.99. The molecule has 0 amide bonds. The van der Waals surface area contributed by atoms with Crippen LogP contribution in [0.1, 0.15) is 27.7 Å². The zero-order valence-electron chi connectivity index (χ0n) is 8.53. The summed E-state index contributed by atoms with van der Waals surface area (Å²) in [6.07, 6.45) is -4.81. The van der Waals surface area contributed by atoms with Crippen LogP contribution >= 0.6 is 0 Å². The Balaban J connectivity index is 4.70. The van der Waals surface area contributed by atoms with E-state index in [2.05, 4.69) is 4.74 Å². The van der Waals surface area contributed by atoms with E-state index in [-0.39, 0.29) is 0 Å². The second kappa shape index (κ2) is 3.42. The number of alkyl halides is 3. The minimum atomic E-state index is -4.81. The number of carbonyl (C=O) groups excluding carboxylic acids is 1. The SMILES string of the molecule is CC(C)(C)OC(=O)C(C)(N)C(F)(F)F. The van der Waals surface area contributed by atoms with Crippen LogP contribution < -0.4 is 5.73 Å². The molecule has 0 radical (unpaired) electrons. The highest BCUT2D eigenvalue weighted by Crippen LogP contribution is 2.30. The lowest BCUT2D eigenvalue weighted by atomic mass is 10.0. The second-order valence-corrected chi connectivity index (χ2v) is 4.20. The van der Waals surface area contributed by atoms with Crippen LogP contribution in [-0.2, 0) is 9.53 Å².